The van der Waals surface area contributed by atoms with Gasteiger partial charge in [0.05, 0.1) is 30.0 Å². The number of anilines is 2. The molecule has 1 fully saturated rings. The Kier molecular flexibility index (Phi) is 4.78. The summed E-state index contributed by atoms with van der Waals surface area (Å²) in [7, 11) is 3.65. The summed E-state index contributed by atoms with van der Waals surface area (Å²) in [5.74, 6) is 0.444. The van der Waals surface area contributed by atoms with Crippen LogP contribution in [-0.2, 0) is 14.1 Å². The number of rotatable bonds is 4. The average Bonchev–Trinajstić information content (AvgIpc) is 3.31. The van der Waals surface area contributed by atoms with Gasteiger partial charge in [-0.15, -0.1) is 0 Å². The summed E-state index contributed by atoms with van der Waals surface area (Å²) in [5.41, 5.74) is 5.00. The first-order valence-corrected chi connectivity index (χ1v) is 10.4. The van der Waals surface area contributed by atoms with Crippen LogP contribution in [0.5, 0.6) is 0 Å². The van der Waals surface area contributed by atoms with Gasteiger partial charge in [-0.1, -0.05) is 0 Å². The molecule has 4 aromatic rings. The van der Waals surface area contributed by atoms with Crippen LogP contribution in [0.3, 0.4) is 0 Å². The normalized spacial score (nSPS) is 14.9. The minimum Gasteiger partial charge on any atom is -0.323 e. The highest BCUT2D eigenvalue weighted by molar-refractivity contribution is 5.73. The second-order valence-electron chi connectivity index (χ2n) is 8.01. The van der Waals surface area contributed by atoms with Crippen LogP contribution in [-0.4, -0.2) is 47.0 Å². The van der Waals surface area contributed by atoms with Crippen LogP contribution in [0.1, 0.15) is 24.4 Å². The number of hydrogen-bond acceptors (Lipinski definition) is 7. The number of hydrogen-bond donors (Lipinski definition) is 2. The van der Waals surface area contributed by atoms with Gasteiger partial charge in [0.2, 0.25) is 5.95 Å². The Hall–Kier alpha value is -3.53. The Balaban J connectivity index is 1.49. The Bertz CT molecular complexity index is 1310. The van der Waals surface area contributed by atoms with E-state index in [-0.39, 0.29) is 11.7 Å². The summed E-state index contributed by atoms with van der Waals surface area (Å²) in [6.45, 7) is 3.81. The SMILES string of the molecule is Cc1cc(-c2cnn(C)c2)ncc1Nc1ncc2c(n1)n(C1CCNCC1)c(=O)n2C. The van der Waals surface area contributed by atoms with Crippen LogP contribution >= 0.6 is 0 Å². The molecule has 0 unspecified atom stereocenters. The average molecular weight is 419 g/mol. The Morgan fingerprint density at radius 2 is 1.94 bits per heavy atom. The zero-order chi connectivity index (χ0) is 21.5. The molecule has 10 nitrogen and oxygen atoms in total. The first-order valence-electron chi connectivity index (χ1n) is 10.4. The number of aryl methyl sites for hydroxylation is 3. The zero-order valence-electron chi connectivity index (χ0n) is 17.8. The Morgan fingerprint density at radius 3 is 2.65 bits per heavy atom. The van der Waals surface area contributed by atoms with Crippen molar-refractivity contribution in [1.82, 2.24) is 39.2 Å². The zero-order valence-corrected chi connectivity index (χ0v) is 17.8. The molecule has 0 atom stereocenters. The molecule has 1 aliphatic heterocycles. The summed E-state index contributed by atoms with van der Waals surface area (Å²) in [6, 6.07) is 2.15. The van der Waals surface area contributed by atoms with Crippen molar-refractivity contribution in [2.24, 2.45) is 14.1 Å². The van der Waals surface area contributed by atoms with Gasteiger partial charge in [-0.25, -0.2) is 9.78 Å². The van der Waals surface area contributed by atoms with E-state index in [1.165, 1.54) is 0 Å². The maximum absolute atomic E-state index is 12.9. The van der Waals surface area contributed by atoms with Gasteiger partial charge < -0.3 is 10.6 Å². The van der Waals surface area contributed by atoms with E-state index < -0.39 is 0 Å². The first kappa shape index (κ1) is 19.4. The standard InChI is InChI=1S/C21H25N9O/c1-13-8-16(14-9-25-28(2)12-14)23-10-17(13)26-20-24-11-18-19(27-20)30(21(31)29(18)3)15-4-6-22-7-5-15/h8-12,15,22H,4-7H2,1-3H3,(H,24,26,27). The summed E-state index contributed by atoms with van der Waals surface area (Å²) >= 11 is 0. The lowest BCUT2D eigenvalue weighted by Gasteiger charge is -2.23. The van der Waals surface area contributed by atoms with Gasteiger partial charge in [0.1, 0.15) is 5.52 Å². The lowest BCUT2D eigenvalue weighted by atomic mass is 10.1. The highest BCUT2D eigenvalue weighted by atomic mass is 16.1. The Labute approximate surface area is 179 Å². The van der Waals surface area contributed by atoms with Crippen molar-refractivity contribution in [2.75, 3.05) is 18.4 Å². The largest absolute Gasteiger partial charge is 0.330 e. The molecule has 0 spiro atoms. The number of pyridine rings is 1. The predicted octanol–water partition coefficient (Wildman–Crippen LogP) is 1.90. The molecule has 0 amide bonds. The maximum Gasteiger partial charge on any atom is 0.330 e. The minimum atomic E-state index is -0.0491. The van der Waals surface area contributed by atoms with Crippen LogP contribution in [0.25, 0.3) is 22.4 Å². The van der Waals surface area contributed by atoms with E-state index in [4.69, 9.17) is 4.98 Å². The van der Waals surface area contributed by atoms with Crippen molar-refractivity contribution in [3.63, 3.8) is 0 Å². The molecule has 0 radical (unpaired) electrons. The summed E-state index contributed by atoms with van der Waals surface area (Å²) in [5, 5.41) is 10.8. The van der Waals surface area contributed by atoms with Gasteiger partial charge in [-0.2, -0.15) is 10.1 Å². The first-order chi connectivity index (χ1) is 15.0. The number of piperidine rings is 1. The van der Waals surface area contributed by atoms with Gasteiger partial charge in [-0.05, 0) is 44.5 Å². The quantitative estimate of drug-likeness (QED) is 0.520. The van der Waals surface area contributed by atoms with Crippen molar-refractivity contribution >= 4 is 22.8 Å². The molecule has 0 aliphatic carbocycles. The van der Waals surface area contributed by atoms with Gasteiger partial charge in [-0.3, -0.25) is 18.8 Å². The van der Waals surface area contributed by atoms with Crippen LogP contribution in [0, 0.1) is 6.92 Å². The molecule has 2 N–H and O–H groups in total. The molecule has 4 aromatic heterocycles. The predicted molar refractivity (Wildman–Crippen MR) is 118 cm³/mol. The van der Waals surface area contributed by atoms with E-state index >= 15 is 0 Å². The highest BCUT2D eigenvalue weighted by Gasteiger charge is 2.23. The number of fused-ring (bicyclic) bond motifs is 1. The van der Waals surface area contributed by atoms with Crippen molar-refractivity contribution in [1.29, 1.82) is 0 Å². The molecule has 1 aliphatic rings. The van der Waals surface area contributed by atoms with Crippen molar-refractivity contribution in [2.45, 2.75) is 25.8 Å². The molecule has 31 heavy (non-hydrogen) atoms. The van der Waals surface area contributed by atoms with Gasteiger partial charge >= 0.3 is 5.69 Å². The van der Waals surface area contributed by atoms with Crippen LogP contribution in [0.15, 0.2) is 35.6 Å². The summed E-state index contributed by atoms with van der Waals surface area (Å²) < 4.78 is 5.19. The van der Waals surface area contributed by atoms with E-state index in [0.717, 1.165) is 54.0 Å². The molecule has 5 rings (SSSR count). The van der Waals surface area contributed by atoms with E-state index in [1.54, 1.807) is 34.9 Å². The second-order valence-corrected chi connectivity index (χ2v) is 8.01. The lowest BCUT2D eigenvalue weighted by molar-refractivity contribution is 0.365. The minimum absolute atomic E-state index is 0.0491. The number of imidazole rings is 1. The third-order valence-electron chi connectivity index (χ3n) is 5.86. The van der Waals surface area contributed by atoms with Gasteiger partial charge in [0.15, 0.2) is 5.65 Å². The molecule has 0 saturated carbocycles. The fourth-order valence-electron chi connectivity index (χ4n) is 4.11. The van der Waals surface area contributed by atoms with E-state index in [1.807, 2.05) is 30.8 Å². The molecule has 0 aromatic carbocycles. The van der Waals surface area contributed by atoms with Crippen LogP contribution in [0.4, 0.5) is 11.6 Å². The molecule has 1 saturated heterocycles. The van der Waals surface area contributed by atoms with Gasteiger partial charge in [0, 0.05) is 31.9 Å². The molecule has 5 heterocycles. The van der Waals surface area contributed by atoms with Crippen molar-refractivity contribution in [3.05, 3.63) is 46.9 Å². The van der Waals surface area contributed by atoms with E-state index in [0.29, 0.717) is 11.6 Å². The molecule has 0 bridgehead atoms. The highest BCUT2D eigenvalue weighted by Crippen LogP contribution is 2.25. The lowest BCUT2D eigenvalue weighted by Crippen LogP contribution is -2.34. The third kappa shape index (κ3) is 3.48. The third-order valence-corrected chi connectivity index (χ3v) is 5.86. The Morgan fingerprint density at radius 1 is 1.13 bits per heavy atom. The summed E-state index contributed by atoms with van der Waals surface area (Å²) in [6.07, 6.45) is 9.02. The molecule has 10 heteroatoms. The maximum atomic E-state index is 12.9. The number of nitrogens with one attached hydrogen (secondary N) is 2. The monoisotopic (exact) mass is 419 g/mol. The van der Waals surface area contributed by atoms with Crippen molar-refractivity contribution < 1.29 is 0 Å². The molecule has 160 valence electrons. The topological polar surface area (TPSA) is 107 Å². The molecular weight excluding hydrogens is 394 g/mol. The van der Waals surface area contributed by atoms with E-state index in [9.17, 15) is 4.79 Å². The van der Waals surface area contributed by atoms with Crippen LogP contribution < -0.4 is 16.3 Å². The number of nitrogens with zero attached hydrogens (tertiary/aromatic N) is 7. The fourth-order valence-corrected chi connectivity index (χ4v) is 4.11. The van der Waals surface area contributed by atoms with Gasteiger partial charge in [0.25, 0.3) is 0 Å². The smallest absolute Gasteiger partial charge is 0.323 e. The fraction of sp³-hybridized carbons (Fsp3) is 0.381. The van der Waals surface area contributed by atoms with E-state index in [2.05, 4.69) is 25.7 Å². The molecular formula is C21H25N9O. The van der Waals surface area contributed by atoms with Crippen LogP contribution in [0.2, 0.25) is 0 Å². The number of aromatic nitrogens is 7. The van der Waals surface area contributed by atoms with Crippen molar-refractivity contribution in [3.8, 4) is 11.3 Å². The summed E-state index contributed by atoms with van der Waals surface area (Å²) in [4.78, 5) is 26.6. The second kappa shape index (κ2) is 7.62.